The highest BCUT2D eigenvalue weighted by Crippen LogP contribution is 2.31. The molecule has 0 unspecified atom stereocenters. The highest BCUT2D eigenvalue weighted by atomic mass is 16.6. The second-order valence-electron chi connectivity index (χ2n) is 9.37. The number of hydrogen-bond acceptors (Lipinski definition) is 6. The van der Waals surface area contributed by atoms with Crippen molar-refractivity contribution >= 4 is 17.5 Å². The highest BCUT2D eigenvalue weighted by molar-refractivity contribution is 5.83. The van der Waals surface area contributed by atoms with Crippen LogP contribution in [-0.2, 0) is 16.1 Å². The van der Waals surface area contributed by atoms with E-state index in [1.54, 1.807) is 19.2 Å². The number of non-ortho nitro benzene ring substituents is 1. The van der Waals surface area contributed by atoms with Gasteiger partial charge in [-0.2, -0.15) is 0 Å². The molecule has 3 aromatic carbocycles. The zero-order valence-electron chi connectivity index (χ0n) is 21.6. The Labute approximate surface area is 222 Å². The number of rotatable bonds is 9. The van der Waals surface area contributed by atoms with Crippen LogP contribution in [0.25, 0.3) is 11.1 Å². The Morgan fingerprint density at radius 1 is 1.05 bits per heavy atom. The quantitative estimate of drug-likeness (QED) is 0.330. The Morgan fingerprint density at radius 3 is 2.42 bits per heavy atom. The first-order valence-electron chi connectivity index (χ1n) is 12.6. The lowest BCUT2D eigenvalue weighted by atomic mass is 9.85. The van der Waals surface area contributed by atoms with Crippen LogP contribution in [0.15, 0.2) is 72.8 Å². The minimum atomic E-state index is -0.408. The minimum Gasteiger partial charge on any atom is -0.496 e. The van der Waals surface area contributed by atoms with Gasteiger partial charge in [-0.3, -0.25) is 19.7 Å². The maximum Gasteiger partial charge on any atom is 0.269 e. The first-order valence-corrected chi connectivity index (χ1v) is 12.6. The summed E-state index contributed by atoms with van der Waals surface area (Å²) in [4.78, 5) is 36.4. The molecular weight excluding hydrogens is 484 g/mol. The van der Waals surface area contributed by atoms with Crippen LogP contribution in [0.3, 0.4) is 0 Å². The molecule has 0 radical (unpaired) electrons. The summed E-state index contributed by atoms with van der Waals surface area (Å²) in [5, 5.41) is 17.3. The number of nitro groups is 1. The number of benzene rings is 3. The maximum absolute atomic E-state index is 12.7. The van der Waals surface area contributed by atoms with Gasteiger partial charge in [-0.25, -0.2) is 0 Å². The van der Waals surface area contributed by atoms with E-state index in [4.69, 9.17) is 4.74 Å². The summed E-state index contributed by atoms with van der Waals surface area (Å²) in [6.45, 7) is 3.11. The van der Waals surface area contributed by atoms with Crippen LogP contribution in [-0.4, -0.2) is 54.4 Å². The molecule has 2 amide bonds. The third-order valence-electron chi connectivity index (χ3n) is 6.93. The maximum atomic E-state index is 12.7. The second kappa shape index (κ2) is 12.3. The number of piperidine rings is 1. The van der Waals surface area contributed by atoms with Gasteiger partial charge in [0.25, 0.3) is 5.69 Å². The van der Waals surface area contributed by atoms with E-state index in [1.165, 1.54) is 19.1 Å². The molecule has 0 aromatic heterocycles. The molecule has 0 aliphatic carbocycles. The summed E-state index contributed by atoms with van der Waals surface area (Å²) >= 11 is 0. The molecule has 9 heteroatoms. The van der Waals surface area contributed by atoms with Crippen LogP contribution in [0, 0.1) is 10.1 Å². The molecule has 1 saturated heterocycles. The number of likely N-dealkylation sites (tertiary alicyclic amines) is 1. The number of ether oxygens (including phenoxy) is 1. The van der Waals surface area contributed by atoms with Crippen molar-refractivity contribution in [3.05, 3.63) is 94.0 Å². The van der Waals surface area contributed by atoms with Crippen LogP contribution in [0.1, 0.15) is 30.4 Å². The van der Waals surface area contributed by atoms with Gasteiger partial charge in [0, 0.05) is 56.2 Å². The molecule has 38 heavy (non-hydrogen) atoms. The zero-order valence-corrected chi connectivity index (χ0v) is 21.6. The van der Waals surface area contributed by atoms with Gasteiger partial charge in [0.1, 0.15) is 5.75 Å². The molecule has 0 spiro atoms. The molecule has 2 atom stereocenters. The van der Waals surface area contributed by atoms with Crippen molar-refractivity contribution in [3.63, 3.8) is 0 Å². The van der Waals surface area contributed by atoms with Crippen molar-refractivity contribution in [1.29, 1.82) is 0 Å². The summed E-state index contributed by atoms with van der Waals surface area (Å²) in [6, 6.07) is 22.6. The molecule has 3 aromatic rings. The molecule has 1 heterocycles. The van der Waals surface area contributed by atoms with Crippen molar-refractivity contribution in [2.75, 3.05) is 26.7 Å². The third-order valence-corrected chi connectivity index (χ3v) is 6.93. The predicted molar refractivity (Wildman–Crippen MR) is 145 cm³/mol. The van der Waals surface area contributed by atoms with Crippen molar-refractivity contribution in [2.45, 2.75) is 31.8 Å². The number of nitrogens with zero attached hydrogens (tertiary/aromatic N) is 2. The first kappa shape index (κ1) is 26.8. The van der Waals surface area contributed by atoms with Crippen molar-refractivity contribution < 1.29 is 19.2 Å². The molecule has 0 saturated carbocycles. The summed E-state index contributed by atoms with van der Waals surface area (Å²) in [6.07, 6.45) is 0.760. The largest absolute Gasteiger partial charge is 0.496 e. The first-order chi connectivity index (χ1) is 18.4. The summed E-state index contributed by atoms with van der Waals surface area (Å²) < 4.78 is 5.62. The predicted octanol–water partition coefficient (Wildman–Crippen LogP) is 3.88. The van der Waals surface area contributed by atoms with Crippen LogP contribution < -0.4 is 15.4 Å². The minimum absolute atomic E-state index is 0.00156. The van der Waals surface area contributed by atoms with Gasteiger partial charge in [-0.15, -0.1) is 0 Å². The average molecular weight is 517 g/mol. The number of hydrogen-bond donors (Lipinski definition) is 2. The van der Waals surface area contributed by atoms with Crippen LogP contribution >= 0.6 is 0 Å². The highest BCUT2D eigenvalue weighted by Gasteiger charge is 2.32. The Kier molecular flexibility index (Phi) is 8.70. The van der Waals surface area contributed by atoms with Gasteiger partial charge in [0.2, 0.25) is 11.8 Å². The van der Waals surface area contributed by atoms with Gasteiger partial charge in [-0.1, -0.05) is 36.4 Å². The topological polar surface area (TPSA) is 114 Å². The Hall–Kier alpha value is -4.24. The molecular formula is C29H32N4O5. The molecule has 9 nitrogen and oxygen atoms in total. The summed E-state index contributed by atoms with van der Waals surface area (Å²) in [5.74, 6) is 0.522. The number of carbonyl (C=O) groups is 2. The smallest absolute Gasteiger partial charge is 0.269 e. The van der Waals surface area contributed by atoms with E-state index in [0.29, 0.717) is 19.6 Å². The Morgan fingerprint density at radius 2 is 1.76 bits per heavy atom. The SMILES string of the molecule is COc1ccc(-c2ccc([N+](=O)[O-])cc2)cc1CN[C@H]1CCN(C(=O)CNC(C)=O)C[C@H]1c1ccccc1. The van der Waals surface area contributed by atoms with Gasteiger partial charge < -0.3 is 20.3 Å². The molecule has 2 N–H and O–H groups in total. The monoisotopic (exact) mass is 516 g/mol. The van der Waals surface area contributed by atoms with E-state index in [1.807, 2.05) is 41.3 Å². The van der Waals surface area contributed by atoms with Gasteiger partial charge >= 0.3 is 0 Å². The number of nitro benzene ring substituents is 1. The van der Waals surface area contributed by atoms with E-state index in [-0.39, 0.29) is 36.0 Å². The molecule has 198 valence electrons. The van der Waals surface area contributed by atoms with E-state index >= 15 is 0 Å². The normalized spacial score (nSPS) is 17.1. The fourth-order valence-electron chi connectivity index (χ4n) is 4.89. The van der Waals surface area contributed by atoms with Gasteiger partial charge in [0.15, 0.2) is 0 Å². The van der Waals surface area contributed by atoms with Gasteiger partial charge in [-0.05, 0) is 47.4 Å². The fraction of sp³-hybridized carbons (Fsp3) is 0.310. The van der Waals surface area contributed by atoms with E-state index < -0.39 is 4.92 Å². The number of methoxy groups -OCH3 is 1. The Bertz CT molecular complexity index is 1280. The number of amides is 2. The molecule has 0 bridgehead atoms. The van der Waals surface area contributed by atoms with Crippen LogP contribution in [0.2, 0.25) is 0 Å². The second-order valence-corrected chi connectivity index (χ2v) is 9.37. The summed E-state index contributed by atoms with van der Waals surface area (Å²) in [7, 11) is 1.64. The lowest BCUT2D eigenvalue weighted by Crippen LogP contribution is -2.51. The third kappa shape index (κ3) is 6.54. The van der Waals surface area contributed by atoms with Crippen LogP contribution in [0.4, 0.5) is 5.69 Å². The zero-order chi connectivity index (χ0) is 27.1. The van der Waals surface area contributed by atoms with Crippen molar-refractivity contribution in [2.24, 2.45) is 0 Å². The van der Waals surface area contributed by atoms with Gasteiger partial charge in [0.05, 0.1) is 18.6 Å². The van der Waals surface area contributed by atoms with Crippen molar-refractivity contribution in [1.82, 2.24) is 15.5 Å². The van der Waals surface area contributed by atoms with E-state index in [0.717, 1.165) is 34.4 Å². The Balaban J connectivity index is 1.51. The standard InChI is InChI=1S/C29H32N4O5/c1-20(34)30-18-29(35)32-15-14-27(26(19-32)22-6-4-3-5-7-22)31-17-24-16-23(10-13-28(24)38-2)21-8-11-25(12-9-21)33(36)37/h3-13,16,26-27,31H,14-15,17-19H2,1-2H3,(H,30,34)/t26-,27-/m0/s1. The fourth-order valence-corrected chi connectivity index (χ4v) is 4.89. The number of carbonyl (C=O) groups excluding carboxylic acids is 2. The van der Waals surface area contributed by atoms with Crippen LogP contribution in [0.5, 0.6) is 5.75 Å². The summed E-state index contributed by atoms with van der Waals surface area (Å²) in [5.41, 5.74) is 3.99. The molecule has 4 rings (SSSR count). The lowest BCUT2D eigenvalue weighted by Gasteiger charge is -2.39. The van der Waals surface area contributed by atoms with E-state index in [9.17, 15) is 19.7 Å². The van der Waals surface area contributed by atoms with Crippen molar-refractivity contribution in [3.8, 4) is 16.9 Å². The average Bonchev–Trinajstić information content (AvgIpc) is 2.95. The lowest BCUT2D eigenvalue weighted by molar-refractivity contribution is -0.384. The molecule has 1 fully saturated rings. The number of nitrogens with one attached hydrogen (secondary N) is 2. The molecule has 1 aliphatic rings. The molecule has 1 aliphatic heterocycles. The van der Waals surface area contributed by atoms with E-state index in [2.05, 4.69) is 22.8 Å².